The van der Waals surface area contributed by atoms with Crippen LogP contribution in [0, 0.1) is 11.8 Å². The number of hydrogen-bond donors (Lipinski definition) is 2. The van der Waals surface area contributed by atoms with Crippen LogP contribution in [0.2, 0.25) is 0 Å². The zero-order chi connectivity index (χ0) is 21.0. The van der Waals surface area contributed by atoms with Gasteiger partial charge in [0.25, 0.3) is 0 Å². The van der Waals surface area contributed by atoms with Gasteiger partial charge in [0, 0.05) is 24.7 Å². The number of nitrogens with zero attached hydrogens (tertiary/aromatic N) is 1. The fraction of sp³-hybridized carbons (Fsp3) is 0.591. The number of nitrogens with one attached hydrogen (secondary N) is 2. The molecule has 7 nitrogen and oxygen atoms in total. The molecule has 158 valence electrons. The summed E-state index contributed by atoms with van der Waals surface area (Å²) in [6.45, 7) is 4.15. The first kappa shape index (κ1) is 21.1. The number of carbonyl (C=O) groups excluding carboxylic acids is 3. The molecule has 1 aromatic rings. The summed E-state index contributed by atoms with van der Waals surface area (Å²) >= 11 is 0. The van der Waals surface area contributed by atoms with Gasteiger partial charge in [-0.3, -0.25) is 14.4 Å². The smallest absolute Gasteiger partial charge is 0.243 e. The van der Waals surface area contributed by atoms with Gasteiger partial charge < -0.3 is 20.3 Å². The van der Waals surface area contributed by atoms with E-state index in [1.807, 2.05) is 26.0 Å². The second kappa shape index (κ2) is 9.29. The molecule has 3 rings (SSSR count). The molecule has 7 heteroatoms. The minimum Gasteiger partial charge on any atom is -0.497 e. The molecule has 2 fully saturated rings. The van der Waals surface area contributed by atoms with Crippen molar-refractivity contribution in [3.63, 3.8) is 0 Å². The van der Waals surface area contributed by atoms with Crippen LogP contribution in [-0.2, 0) is 14.4 Å². The summed E-state index contributed by atoms with van der Waals surface area (Å²) in [5.41, 5.74) is 0.741. The van der Waals surface area contributed by atoms with Crippen molar-refractivity contribution in [1.29, 1.82) is 0 Å². The summed E-state index contributed by atoms with van der Waals surface area (Å²) in [7, 11) is 1.59. The van der Waals surface area contributed by atoms with Crippen LogP contribution in [0.15, 0.2) is 24.3 Å². The summed E-state index contributed by atoms with van der Waals surface area (Å²) in [5.74, 6) is -0.249. The molecule has 1 saturated heterocycles. The van der Waals surface area contributed by atoms with Crippen molar-refractivity contribution >= 4 is 23.4 Å². The van der Waals surface area contributed by atoms with E-state index < -0.39 is 12.0 Å². The highest BCUT2D eigenvalue weighted by Crippen LogP contribution is 2.27. The number of methoxy groups -OCH3 is 1. The minimum absolute atomic E-state index is 0.0323. The molecule has 3 amide bonds. The molecule has 1 saturated carbocycles. The van der Waals surface area contributed by atoms with Crippen molar-refractivity contribution in [2.24, 2.45) is 11.8 Å². The van der Waals surface area contributed by atoms with Crippen LogP contribution in [0.3, 0.4) is 0 Å². The highest BCUT2D eigenvalue weighted by atomic mass is 16.5. The molecule has 2 N–H and O–H groups in total. The number of anilines is 1. The van der Waals surface area contributed by atoms with Crippen molar-refractivity contribution in [1.82, 2.24) is 10.6 Å². The Bertz CT molecular complexity index is 741. The zero-order valence-electron chi connectivity index (χ0n) is 17.4. The Morgan fingerprint density at radius 2 is 1.79 bits per heavy atom. The summed E-state index contributed by atoms with van der Waals surface area (Å²) in [4.78, 5) is 39.6. The van der Waals surface area contributed by atoms with Crippen molar-refractivity contribution in [3.8, 4) is 5.75 Å². The van der Waals surface area contributed by atoms with Gasteiger partial charge in [-0.15, -0.1) is 0 Å². The van der Waals surface area contributed by atoms with E-state index in [9.17, 15) is 14.4 Å². The normalized spacial score (nSPS) is 20.8. The van der Waals surface area contributed by atoms with Gasteiger partial charge in [-0.25, -0.2) is 0 Å². The summed E-state index contributed by atoms with van der Waals surface area (Å²) in [5, 5.41) is 5.96. The number of amides is 3. The predicted octanol–water partition coefficient (Wildman–Crippen LogP) is 2.25. The lowest BCUT2D eigenvalue weighted by Crippen LogP contribution is -2.53. The van der Waals surface area contributed by atoms with Gasteiger partial charge in [-0.2, -0.15) is 0 Å². The fourth-order valence-corrected chi connectivity index (χ4v) is 4.06. The third-order valence-corrected chi connectivity index (χ3v) is 5.83. The topological polar surface area (TPSA) is 87.7 Å². The van der Waals surface area contributed by atoms with Crippen LogP contribution in [0.25, 0.3) is 0 Å². The van der Waals surface area contributed by atoms with Crippen LogP contribution in [0.4, 0.5) is 5.69 Å². The van der Waals surface area contributed by atoms with Gasteiger partial charge >= 0.3 is 0 Å². The summed E-state index contributed by atoms with van der Waals surface area (Å²) in [6.07, 6.45) is 4.41. The highest BCUT2D eigenvalue weighted by Gasteiger charge is 2.37. The number of hydrogen-bond acceptors (Lipinski definition) is 4. The number of rotatable bonds is 7. The van der Waals surface area contributed by atoms with E-state index in [0.717, 1.165) is 31.4 Å². The molecule has 1 aliphatic heterocycles. The lowest BCUT2D eigenvalue weighted by molar-refractivity contribution is -0.132. The van der Waals surface area contributed by atoms with Gasteiger partial charge in [0.05, 0.1) is 13.0 Å². The van der Waals surface area contributed by atoms with Crippen LogP contribution in [0.1, 0.15) is 46.0 Å². The maximum absolute atomic E-state index is 12.8. The third kappa shape index (κ3) is 5.08. The lowest BCUT2D eigenvalue weighted by Gasteiger charge is -2.25. The molecule has 0 bridgehead atoms. The molecule has 29 heavy (non-hydrogen) atoms. The number of carbonyl (C=O) groups is 3. The molecule has 1 aliphatic carbocycles. The maximum atomic E-state index is 12.8. The summed E-state index contributed by atoms with van der Waals surface area (Å²) in [6, 6.07) is 6.81. The quantitative estimate of drug-likeness (QED) is 0.734. The van der Waals surface area contributed by atoms with Crippen LogP contribution in [-0.4, -0.2) is 43.5 Å². The van der Waals surface area contributed by atoms with Crippen molar-refractivity contribution in [2.45, 2.75) is 58.0 Å². The monoisotopic (exact) mass is 401 g/mol. The maximum Gasteiger partial charge on any atom is 0.243 e. The zero-order valence-corrected chi connectivity index (χ0v) is 17.4. The van der Waals surface area contributed by atoms with E-state index in [0.29, 0.717) is 12.3 Å². The molecule has 2 atom stereocenters. The molecule has 2 aliphatic rings. The number of benzene rings is 1. The largest absolute Gasteiger partial charge is 0.497 e. The molecule has 1 unspecified atom stereocenters. The molecular weight excluding hydrogens is 370 g/mol. The van der Waals surface area contributed by atoms with E-state index in [2.05, 4.69) is 10.6 Å². The Hall–Kier alpha value is -2.57. The molecule has 1 aromatic carbocycles. The van der Waals surface area contributed by atoms with Gasteiger partial charge in [0.1, 0.15) is 11.8 Å². The molecular formula is C22H31N3O4. The average molecular weight is 402 g/mol. The lowest BCUT2D eigenvalue weighted by atomic mass is 10.0. The van der Waals surface area contributed by atoms with Crippen molar-refractivity contribution in [3.05, 3.63) is 24.3 Å². The highest BCUT2D eigenvalue weighted by molar-refractivity contribution is 6.01. The Morgan fingerprint density at radius 1 is 1.14 bits per heavy atom. The second-order valence-electron chi connectivity index (χ2n) is 8.32. The predicted molar refractivity (Wildman–Crippen MR) is 111 cm³/mol. The molecule has 1 heterocycles. The Balaban J connectivity index is 1.61. The second-order valence-corrected chi connectivity index (χ2v) is 8.32. The minimum atomic E-state index is -0.590. The van der Waals surface area contributed by atoms with E-state index in [4.69, 9.17) is 4.74 Å². The standard InChI is InChI=1S/C22H31N3O4/c1-14(2)20(22(28)23-16-6-4-5-7-16)24-21(27)15-12-19(26)25(13-15)17-8-10-18(29-3)11-9-17/h8-11,14-16,20H,4-7,12-13H2,1-3H3,(H,23,28)(H,24,27)/t15?,20-/m0/s1. The Labute approximate surface area is 172 Å². The number of ether oxygens (including phenoxy) is 1. The van der Waals surface area contributed by atoms with Gasteiger partial charge in [0.15, 0.2) is 0 Å². The van der Waals surface area contributed by atoms with E-state index in [-0.39, 0.29) is 36.1 Å². The average Bonchev–Trinajstić information content (AvgIpc) is 3.35. The first-order valence-corrected chi connectivity index (χ1v) is 10.4. The van der Waals surface area contributed by atoms with Gasteiger partial charge in [-0.1, -0.05) is 26.7 Å². The van der Waals surface area contributed by atoms with Gasteiger partial charge in [-0.05, 0) is 43.0 Å². The first-order chi connectivity index (χ1) is 13.9. The fourth-order valence-electron chi connectivity index (χ4n) is 4.06. The van der Waals surface area contributed by atoms with Gasteiger partial charge in [0.2, 0.25) is 17.7 Å². The Kier molecular flexibility index (Phi) is 6.77. The first-order valence-electron chi connectivity index (χ1n) is 10.4. The van der Waals surface area contributed by atoms with Crippen molar-refractivity contribution < 1.29 is 19.1 Å². The SMILES string of the molecule is COc1ccc(N2CC(C(=O)N[C@H](C(=O)NC3CCCC3)C(C)C)CC2=O)cc1. The Morgan fingerprint density at radius 3 is 2.38 bits per heavy atom. The van der Waals surface area contributed by atoms with Crippen LogP contribution >= 0.6 is 0 Å². The molecule has 0 radical (unpaired) electrons. The van der Waals surface area contributed by atoms with Crippen LogP contribution < -0.4 is 20.3 Å². The van der Waals surface area contributed by atoms with E-state index >= 15 is 0 Å². The molecule has 0 spiro atoms. The van der Waals surface area contributed by atoms with Crippen LogP contribution in [0.5, 0.6) is 5.75 Å². The van der Waals surface area contributed by atoms with E-state index in [1.54, 1.807) is 24.1 Å². The van der Waals surface area contributed by atoms with Crippen molar-refractivity contribution in [2.75, 3.05) is 18.6 Å². The third-order valence-electron chi connectivity index (χ3n) is 5.83. The summed E-state index contributed by atoms with van der Waals surface area (Å²) < 4.78 is 5.15. The molecule has 0 aromatic heterocycles. The van der Waals surface area contributed by atoms with E-state index in [1.165, 1.54) is 0 Å².